The van der Waals surface area contributed by atoms with E-state index in [0.717, 1.165) is 0 Å². The molecule has 2 rings (SSSR count). The molecule has 0 saturated heterocycles. The molecule has 2 saturated carbocycles. The summed E-state index contributed by atoms with van der Waals surface area (Å²) in [6.07, 6.45) is 2.07. The molecule has 0 aliphatic heterocycles. The van der Waals surface area contributed by atoms with E-state index < -0.39 is 52.6 Å². The normalized spacial score (nSPS) is 35.1. The molecule has 2 fully saturated rings. The Morgan fingerprint density at radius 1 is 1.26 bits per heavy atom. The number of carbonyl (C=O) groups is 2. The van der Waals surface area contributed by atoms with Crippen molar-refractivity contribution in [2.45, 2.75) is 89.6 Å². The molecule has 2 bridgehead atoms. The number of rotatable bonds is 7. The molecule has 0 radical (unpaired) electrons. The molecule has 2 aliphatic rings. The van der Waals surface area contributed by atoms with E-state index in [1.54, 1.807) is 6.08 Å². The third-order valence-electron chi connectivity index (χ3n) is 7.17. The van der Waals surface area contributed by atoms with Gasteiger partial charge in [-0.1, -0.05) is 13.0 Å². The van der Waals surface area contributed by atoms with Gasteiger partial charge in [0.15, 0.2) is 0 Å². The largest absolute Gasteiger partial charge is 0.469 e. The van der Waals surface area contributed by atoms with Gasteiger partial charge in [-0.2, -0.15) is 0 Å². The Morgan fingerprint density at radius 3 is 2.45 bits per heavy atom. The van der Waals surface area contributed by atoms with Crippen LogP contribution in [0.25, 0.3) is 0 Å². The van der Waals surface area contributed by atoms with Gasteiger partial charge in [0.05, 0.1) is 36.4 Å². The highest BCUT2D eigenvalue weighted by atomic mass is 16.5. The minimum Gasteiger partial charge on any atom is -0.469 e. The standard InChI is InChI=1S/C23H38O8/c1-14(24)31-12-15(6-7-17(25)21(2,3)28)16-8-10-22(4)13-23(29,11-9-18(22)26)19(16)20(27)30-5/h6,16-19,25-26,28-29H,7-13H2,1-5H3/b15-6-/t16-,17?,18-,19+,22+,23-/m1/s1. The van der Waals surface area contributed by atoms with E-state index >= 15 is 0 Å². The van der Waals surface area contributed by atoms with E-state index in [2.05, 4.69) is 0 Å². The van der Waals surface area contributed by atoms with Gasteiger partial charge in [0.2, 0.25) is 0 Å². The van der Waals surface area contributed by atoms with Gasteiger partial charge in [0.1, 0.15) is 6.61 Å². The number of aliphatic hydroxyl groups is 4. The first-order chi connectivity index (χ1) is 14.2. The quantitative estimate of drug-likeness (QED) is 0.344. The van der Waals surface area contributed by atoms with Crippen LogP contribution in [0.4, 0.5) is 0 Å². The Hall–Kier alpha value is -1.48. The lowest BCUT2D eigenvalue weighted by Crippen LogP contribution is -2.53. The summed E-state index contributed by atoms with van der Waals surface area (Å²) in [6, 6.07) is 0. The van der Waals surface area contributed by atoms with Crippen molar-refractivity contribution in [3.8, 4) is 0 Å². The molecule has 1 unspecified atom stereocenters. The molecule has 0 heterocycles. The van der Waals surface area contributed by atoms with Crippen molar-refractivity contribution >= 4 is 11.9 Å². The number of esters is 2. The third-order valence-corrected chi connectivity index (χ3v) is 7.17. The number of hydrogen-bond donors (Lipinski definition) is 4. The van der Waals surface area contributed by atoms with Crippen molar-refractivity contribution in [2.24, 2.45) is 17.3 Å². The van der Waals surface area contributed by atoms with Crippen molar-refractivity contribution in [3.05, 3.63) is 11.6 Å². The van der Waals surface area contributed by atoms with Gasteiger partial charge in [0.25, 0.3) is 0 Å². The molecule has 178 valence electrons. The summed E-state index contributed by atoms with van der Waals surface area (Å²) in [7, 11) is 1.28. The predicted octanol–water partition coefficient (Wildman–Crippen LogP) is 1.48. The lowest BCUT2D eigenvalue weighted by molar-refractivity contribution is -0.170. The molecule has 0 aromatic heterocycles. The molecule has 0 spiro atoms. The van der Waals surface area contributed by atoms with Crippen LogP contribution >= 0.6 is 0 Å². The predicted molar refractivity (Wildman–Crippen MR) is 113 cm³/mol. The Labute approximate surface area is 184 Å². The van der Waals surface area contributed by atoms with Crippen LogP contribution in [0.15, 0.2) is 11.6 Å². The number of methoxy groups -OCH3 is 1. The van der Waals surface area contributed by atoms with Gasteiger partial charge in [-0.05, 0) is 69.3 Å². The van der Waals surface area contributed by atoms with Crippen molar-refractivity contribution in [2.75, 3.05) is 13.7 Å². The number of ether oxygens (including phenoxy) is 2. The summed E-state index contributed by atoms with van der Waals surface area (Å²) in [5.41, 5.74) is -2.66. The highest BCUT2D eigenvalue weighted by molar-refractivity contribution is 5.75. The number of hydrogen-bond acceptors (Lipinski definition) is 8. The van der Waals surface area contributed by atoms with Gasteiger partial charge >= 0.3 is 11.9 Å². The second-order valence-corrected chi connectivity index (χ2v) is 10.1. The van der Waals surface area contributed by atoms with Crippen LogP contribution in [-0.4, -0.2) is 69.5 Å². The van der Waals surface area contributed by atoms with Gasteiger partial charge < -0.3 is 29.9 Å². The summed E-state index contributed by atoms with van der Waals surface area (Å²) in [5.74, 6) is -2.44. The van der Waals surface area contributed by atoms with Crippen LogP contribution in [0.2, 0.25) is 0 Å². The molecule has 8 nitrogen and oxygen atoms in total. The molecule has 4 N–H and O–H groups in total. The van der Waals surface area contributed by atoms with Crippen LogP contribution in [0.1, 0.15) is 66.2 Å². The first-order valence-electron chi connectivity index (χ1n) is 10.9. The van der Waals surface area contributed by atoms with E-state index in [9.17, 15) is 30.0 Å². The van der Waals surface area contributed by atoms with Crippen molar-refractivity contribution in [1.82, 2.24) is 0 Å². The average Bonchev–Trinajstić information content (AvgIpc) is 2.76. The summed E-state index contributed by atoms with van der Waals surface area (Å²) in [5, 5.41) is 42.5. The van der Waals surface area contributed by atoms with Crippen LogP contribution in [0, 0.1) is 17.3 Å². The molecule has 2 aliphatic carbocycles. The maximum atomic E-state index is 12.9. The molecule has 31 heavy (non-hydrogen) atoms. The maximum absolute atomic E-state index is 12.9. The zero-order valence-corrected chi connectivity index (χ0v) is 19.3. The highest BCUT2D eigenvalue weighted by Crippen LogP contribution is 2.54. The molecular weight excluding hydrogens is 404 g/mol. The summed E-state index contributed by atoms with van der Waals surface area (Å²) in [6.45, 7) is 6.10. The number of fused-ring (bicyclic) bond motifs is 2. The van der Waals surface area contributed by atoms with Crippen LogP contribution in [0.5, 0.6) is 0 Å². The molecule has 0 aromatic rings. The smallest absolute Gasteiger partial charge is 0.312 e. The summed E-state index contributed by atoms with van der Waals surface area (Å²) >= 11 is 0. The Kier molecular flexibility index (Phi) is 7.95. The molecule has 0 aromatic carbocycles. The fourth-order valence-electron chi connectivity index (χ4n) is 5.15. The lowest BCUT2D eigenvalue weighted by Gasteiger charge is -2.47. The van der Waals surface area contributed by atoms with E-state index in [4.69, 9.17) is 9.47 Å². The lowest BCUT2D eigenvalue weighted by atomic mass is 9.63. The zero-order valence-electron chi connectivity index (χ0n) is 19.3. The molecule has 6 atom stereocenters. The van der Waals surface area contributed by atoms with E-state index in [1.807, 2.05) is 6.92 Å². The minimum atomic E-state index is -1.37. The average molecular weight is 443 g/mol. The zero-order chi connectivity index (χ0) is 23.6. The van der Waals surface area contributed by atoms with Crippen molar-refractivity contribution < 1.29 is 39.5 Å². The SMILES string of the molecule is COC(=O)[C@@H]1[C@@H](/C(=C\CC(O)C(C)(C)O)COC(C)=O)CC[C@@]2(C)C[C@]1(O)CC[C@H]2O. The number of aliphatic hydroxyl groups excluding tert-OH is 2. The van der Waals surface area contributed by atoms with Crippen molar-refractivity contribution in [3.63, 3.8) is 0 Å². The van der Waals surface area contributed by atoms with Crippen LogP contribution in [-0.2, 0) is 19.1 Å². The topological polar surface area (TPSA) is 134 Å². The first kappa shape index (κ1) is 25.8. The van der Waals surface area contributed by atoms with Gasteiger partial charge in [-0.3, -0.25) is 9.59 Å². The fraction of sp³-hybridized carbons (Fsp3) is 0.826. The van der Waals surface area contributed by atoms with Crippen LogP contribution < -0.4 is 0 Å². The Morgan fingerprint density at radius 2 is 1.90 bits per heavy atom. The fourth-order valence-corrected chi connectivity index (χ4v) is 5.15. The first-order valence-corrected chi connectivity index (χ1v) is 10.9. The molecule has 8 heteroatoms. The summed E-state index contributed by atoms with van der Waals surface area (Å²) in [4.78, 5) is 24.4. The van der Waals surface area contributed by atoms with Gasteiger partial charge in [-0.25, -0.2) is 0 Å². The monoisotopic (exact) mass is 442 g/mol. The van der Waals surface area contributed by atoms with Crippen molar-refractivity contribution in [1.29, 1.82) is 0 Å². The number of carbonyl (C=O) groups excluding carboxylic acids is 2. The second kappa shape index (κ2) is 9.57. The summed E-state index contributed by atoms with van der Waals surface area (Å²) < 4.78 is 10.3. The second-order valence-electron chi connectivity index (χ2n) is 10.1. The van der Waals surface area contributed by atoms with Gasteiger partial charge in [-0.15, -0.1) is 0 Å². The van der Waals surface area contributed by atoms with Crippen LogP contribution in [0.3, 0.4) is 0 Å². The third kappa shape index (κ3) is 5.86. The van der Waals surface area contributed by atoms with E-state index in [-0.39, 0.29) is 25.9 Å². The molecule has 0 amide bonds. The van der Waals surface area contributed by atoms with Gasteiger partial charge in [0, 0.05) is 6.92 Å². The highest BCUT2D eigenvalue weighted by Gasteiger charge is 2.57. The molecular formula is C23H38O8. The Bertz CT molecular complexity index is 696. The Balaban J connectivity index is 2.49. The minimum absolute atomic E-state index is 0.0861. The van der Waals surface area contributed by atoms with E-state index in [1.165, 1.54) is 27.9 Å². The maximum Gasteiger partial charge on any atom is 0.312 e. The van der Waals surface area contributed by atoms with E-state index in [0.29, 0.717) is 24.8 Å².